The lowest BCUT2D eigenvalue weighted by atomic mass is 10.0. The maximum atomic E-state index is 12.9. The minimum atomic E-state index is -2.98. The minimum Gasteiger partial charge on any atom is -0.497 e. The van der Waals surface area contributed by atoms with Gasteiger partial charge in [-0.3, -0.25) is 9.78 Å². The van der Waals surface area contributed by atoms with Gasteiger partial charge in [-0.05, 0) is 60.2 Å². The third-order valence-corrected chi connectivity index (χ3v) is 5.08. The minimum absolute atomic E-state index is 0.00559. The molecule has 0 saturated carbocycles. The van der Waals surface area contributed by atoms with Gasteiger partial charge in [0.1, 0.15) is 23.9 Å². The van der Waals surface area contributed by atoms with E-state index in [9.17, 15) is 13.6 Å². The van der Waals surface area contributed by atoms with Crippen LogP contribution in [-0.2, 0) is 6.61 Å². The molecule has 4 aromatic rings. The summed E-state index contributed by atoms with van der Waals surface area (Å²) in [6.45, 7) is -2.67. The first-order chi connectivity index (χ1) is 17.0. The number of aromatic nitrogens is 1. The predicted molar refractivity (Wildman–Crippen MR) is 128 cm³/mol. The highest BCUT2D eigenvalue weighted by Gasteiger charge is 2.14. The van der Waals surface area contributed by atoms with Crippen LogP contribution >= 0.6 is 0 Å². The number of carbonyl (C=O) groups is 1. The van der Waals surface area contributed by atoms with Crippen LogP contribution in [0.15, 0.2) is 91.3 Å². The smallest absolute Gasteiger partial charge is 0.387 e. The number of nitrogens with one attached hydrogen (secondary N) is 1. The van der Waals surface area contributed by atoms with E-state index in [1.54, 1.807) is 67.0 Å². The van der Waals surface area contributed by atoms with Crippen molar-refractivity contribution in [3.63, 3.8) is 0 Å². The zero-order chi connectivity index (χ0) is 24.6. The first-order valence-corrected chi connectivity index (χ1v) is 10.7. The number of amides is 1. The van der Waals surface area contributed by atoms with Crippen LogP contribution in [0.2, 0.25) is 0 Å². The fourth-order valence-electron chi connectivity index (χ4n) is 3.38. The number of carbonyl (C=O) groups excluding carboxylic acids is 1. The Labute approximate surface area is 201 Å². The van der Waals surface area contributed by atoms with E-state index in [4.69, 9.17) is 9.47 Å². The van der Waals surface area contributed by atoms with E-state index in [1.165, 1.54) is 19.2 Å². The molecule has 1 amide bonds. The van der Waals surface area contributed by atoms with Crippen LogP contribution in [0.3, 0.4) is 0 Å². The van der Waals surface area contributed by atoms with Gasteiger partial charge >= 0.3 is 6.61 Å². The Hall–Kier alpha value is -4.46. The summed E-state index contributed by atoms with van der Waals surface area (Å²) in [5.74, 6) is 0.773. The fourth-order valence-corrected chi connectivity index (χ4v) is 3.38. The lowest BCUT2D eigenvalue weighted by Crippen LogP contribution is -2.12. The van der Waals surface area contributed by atoms with Crippen LogP contribution in [0.1, 0.15) is 15.9 Å². The molecule has 8 heteroatoms. The van der Waals surface area contributed by atoms with Crippen molar-refractivity contribution in [3.05, 3.63) is 102 Å². The summed E-state index contributed by atoms with van der Waals surface area (Å²) >= 11 is 0. The van der Waals surface area contributed by atoms with Crippen molar-refractivity contribution in [2.75, 3.05) is 12.4 Å². The number of benzene rings is 3. The summed E-state index contributed by atoms with van der Waals surface area (Å²) in [4.78, 5) is 16.9. The topological polar surface area (TPSA) is 69.7 Å². The van der Waals surface area contributed by atoms with Gasteiger partial charge in [-0.25, -0.2) is 0 Å². The van der Waals surface area contributed by atoms with Gasteiger partial charge in [-0.1, -0.05) is 24.3 Å². The molecule has 0 atom stereocenters. The Bertz CT molecular complexity index is 1280. The van der Waals surface area contributed by atoms with Crippen molar-refractivity contribution in [1.82, 2.24) is 4.98 Å². The van der Waals surface area contributed by atoms with E-state index in [0.29, 0.717) is 40.5 Å². The van der Waals surface area contributed by atoms with Gasteiger partial charge in [0.15, 0.2) is 0 Å². The van der Waals surface area contributed by atoms with E-state index in [-0.39, 0.29) is 11.7 Å². The highest BCUT2D eigenvalue weighted by molar-refractivity contribution is 6.04. The van der Waals surface area contributed by atoms with Gasteiger partial charge in [0.05, 0.1) is 7.11 Å². The number of nitrogens with zero attached hydrogens (tertiary/aromatic N) is 1. The Balaban J connectivity index is 1.52. The van der Waals surface area contributed by atoms with Crippen LogP contribution < -0.4 is 19.5 Å². The van der Waals surface area contributed by atoms with Crippen LogP contribution in [0.4, 0.5) is 14.5 Å². The highest BCUT2D eigenvalue weighted by Crippen LogP contribution is 2.35. The van der Waals surface area contributed by atoms with Crippen LogP contribution in [0.5, 0.6) is 17.2 Å². The molecule has 0 unspecified atom stereocenters. The molecule has 4 rings (SSSR count). The highest BCUT2D eigenvalue weighted by atomic mass is 19.3. The number of alkyl halides is 2. The number of pyridine rings is 1. The standard InChI is InChI=1S/C27H22F2N2O4/c1-33-22-10-7-19(8-11-22)24-15-21(9-12-25(24)35-27(28)29)31-26(32)20-5-2-6-23(14-20)34-17-18-4-3-13-30-16-18/h2-16,27H,17H2,1H3,(H,31,32). The molecule has 0 fully saturated rings. The molecule has 1 aromatic heterocycles. The molecule has 178 valence electrons. The average Bonchev–Trinajstić information content (AvgIpc) is 2.89. The number of hydrogen-bond donors (Lipinski definition) is 1. The Morgan fingerprint density at radius 3 is 2.51 bits per heavy atom. The molecular formula is C27H22F2N2O4. The van der Waals surface area contributed by atoms with Gasteiger partial charge in [-0.2, -0.15) is 8.78 Å². The molecule has 0 radical (unpaired) electrons. The Morgan fingerprint density at radius 2 is 1.80 bits per heavy atom. The molecule has 0 aliphatic heterocycles. The van der Waals surface area contributed by atoms with Gasteiger partial charge in [0.25, 0.3) is 5.91 Å². The van der Waals surface area contributed by atoms with E-state index in [0.717, 1.165) is 5.56 Å². The van der Waals surface area contributed by atoms with Crippen molar-refractivity contribution in [2.24, 2.45) is 0 Å². The number of halogens is 2. The number of methoxy groups -OCH3 is 1. The summed E-state index contributed by atoms with van der Waals surface area (Å²) in [6.07, 6.45) is 3.39. The van der Waals surface area contributed by atoms with Crippen LogP contribution in [0.25, 0.3) is 11.1 Å². The van der Waals surface area contributed by atoms with Gasteiger partial charge < -0.3 is 19.5 Å². The number of hydrogen-bond acceptors (Lipinski definition) is 5. The van der Waals surface area contributed by atoms with Gasteiger partial charge in [0.2, 0.25) is 0 Å². The van der Waals surface area contributed by atoms with Crippen LogP contribution in [-0.4, -0.2) is 24.6 Å². The van der Waals surface area contributed by atoms with Crippen molar-refractivity contribution < 1.29 is 27.8 Å². The SMILES string of the molecule is COc1ccc(-c2cc(NC(=O)c3cccc(OCc4cccnc4)c3)ccc2OC(F)F)cc1. The third kappa shape index (κ3) is 6.32. The number of rotatable bonds is 9. The quantitative estimate of drug-likeness (QED) is 0.312. The lowest BCUT2D eigenvalue weighted by molar-refractivity contribution is -0.0494. The molecule has 0 saturated heterocycles. The van der Waals surface area contributed by atoms with Gasteiger partial charge in [0, 0.05) is 34.8 Å². The fraction of sp³-hybridized carbons (Fsp3) is 0.111. The molecule has 1 heterocycles. The summed E-state index contributed by atoms with van der Waals surface area (Å²) in [5, 5.41) is 2.80. The first-order valence-electron chi connectivity index (χ1n) is 10.7. The van der Waals surface area contributed by atoms with E-state index in [2.05, 4.69) is 15.0 Å². The normalized spacial score (nSPS) is 10.6. The molecule has 1 N–H and O–H groups in total. The lowest BCUT2D eigenvalue weighted by Gasteiger charge is -2.14. The maximum Gasteiger partial charge on any atom is 0.387 e. The summed E-state index contributed by atoms with van der Waals surface area (Å²) < 4.78 is 41.5. The monoisotopic (exact) mass is 476 g/mol. The average molecular weight is 476 g/mol. The molecule has 3 aromatic carbocycles. The van der Waals surface area contributed by atoms with Crippen molar-refractivity contribution in [3.8, 4) is 28.4 Å². The summed E-state index contributed by atoms with van der Waals surface area (Å²) in [5.41, 5.74) is 2.74. The molecule has 0 bridgehead atoms. The molecule has 0 spiro atoms. The molecule has 0 aliphatic carbocycles. The van der Waals surface area contributed by atoms with Crippen LogP contribution in [0, 0.1) is 0 Å². The Kier molecular flexibility index (Phi) is 7.52. The van der Waals surface area contributed by atoms with Crippen molar-refractivity contribution in [1.29, 1.82) is 0 Å². The van der Waals surface area contributed by atoms with E-state index in [1.807, 2.05) is 12.1 Å². The Morgan fingerprint density at radius 1 is 0.971 bits per heavy atom. The van der Waals surface area contributed by atoms with Crippen molar-refractivity contribution >= 4 is 11.6 Å². The maximum absolute atomic E-state index is 12.9. The second kappa shape index (κ2) is 11.1. The zero-order valence-corrected chi connectivity index (χ0v) is 18.8. The molecule has 6 nitrogen and oxygen atoms in total. The van der Waals surface area contributed by atoms with Crippen molar-refractivity contribution in [2.45, 2.75) is 13.2 Å². The summed E-state index contributed by atoms with van der Waals surface area (Å²) in [7, 11) is 1.54. The third-order valence-electron chi connectivity index (χ3n) is 5.08. The van der Waals surface area contributed by atoms with E-state index < -0.39 is 6.61 Å². The zero-order valence-electron chi connectivity index (χ0n) is 18.8. The van der Waals surface area contributed by atoms with E-state index >= 15 is 0 Å². The molecular weight excluding hydrogens is 454 g/mol. The molecule has 0 aliphatic rings. The van der Waals surface area contributed by atoms with Gasteiger partial charge in [-0.15, -0.1) is 0 Å². The predicted octanol–water partition coefficient (Wildman–Crippen LogP) is 6.19. The number of ether oxygens (including phenoxy) is 3. The second-order valence-corrected chi connectivity index (χ2v) is 7.45. The largest absolute Gasteiger partial charge is 0.497 e. The molecule has 35 heavy (non-hydrogen) atoms. The second-order valence-electron chi connectivity index (χ2n) is 7.45. The number of anilines is 1. The first kappa shape index (κ1) is 23.7. The summed E-state index contributed by atoms with van der Waals surface area (Å²) in [6, 6.07) is 21.8.